The van der Waals surface area contributed by atoms with Crippen molar-refractivity contribution < 1.29 is 19.5 Å². The molecule has 116 valence electrons. The monoisotopic (exact) mass is 287 g/mol. The SMILES string of the molecule is CC(C)CCC(C)NC(=O)CN(CC(N)=O)CC(=O)O. The minimum atomic E-state index is -1.10. The topological polar surface area (TPSA) is 113 Å². The summed E-state index contributed by atoms with van der Waals surface area (Å²) in [5, 5.41) is 11.5. The lowest BCUT2D eigenvalue weighted by Crippen LogP contribution is -2.45. The zero-order valence-electron chi connectivity index (χ0n) is 12.4. The Morgan fingerprint density at radius 3 is 2.15 bits per heavy atom. The number of hydrogen-bond acceptors (Lipinski definition) is 4. The van der Waals surface area contributed by atoms with E-state index in [1.165, 1.54) is 4.90 Å². The number of carbonyl (C=O) groups is 3. The second-order valence-corrected chi connectivity index (χ2v) is 5.44. The Bertz CT molecular complexity index is 329. The molecule has 2 amide bonds. The average molecular weight is 287 g/mol. The molecule has 0 aliphatic rings. The number of nitrogens with one attached hydrogen (secondary N) is 1. The van der Waals surface area contributed by atoms with Gasteiger partial charge in [0.2, 0.25) is 11.8 Å². The first-order valence-electron chi connectivity index (χ1n) is 6.72. The summed E-state index contributed by atoms with van der Waals surface area (Å²) in [6, 6.07) is 0.0187. The van der Waals surface area contributed by atoms with Crippen molar-refractivity contribution in [3.05, 3.63) is 0 Å². The van der Waals surface area contributed by atoms with Gasteiger partial charge >= 0.3 is 5.97 Å². The quantitative estimate of drug-likeness (QED) is 0.515. The third-order valence-corrected chi connectivity index (χ3v) is 2.69. The van der Waals surface area contributed by atoms with Crippen LogP contribution < -0.4 is 11.1 Å². The first kappa shape index (κ1) is 18.4. The molecule has 1 unspecified atom stereocenters. The van der Waals surface area contributed by atoms with E-state index in [1.54, 1.807) is 0 Å². The van der Waals surface area contributed by atoms with E-state index in [9.17, 15) is 14.4 Å². The summed E-state index contributed by atoms with van der Waals surface area (Å²) in [4.78, 5) is 34.5. The second kappa shape index (κ2) is 9.30. The van der Waals surface area contributed by atoms with Crippen LogP contribution in [0, 0.1) is 5.92 Å². The van der Waals surface area contributed by atoms with Gasteiger partial charge in [-0.1, -0.05) is 13.8 Å². The van der Waals surface area contributed by atoms with Gasteiger partial charge in [-0.2, -0.15) is 0 Å². The van der Waals surface area contributed by atoms with Crippen LogP contribution in [-0.2, 0) is 14.4 Å². The highest BCUT2D eigenvalue weighted by atomic mass is 16.4. The Hall–Kier alpha value is -1.63. The molecule has 0 radical (unpaired) electrons. The lowest BCUT2D eigenvalue weighted by Gasteiger charge is -2.20. The second-order valence-electron chi connectivity index (χ2n) is 5.44. The predicted molar refractivity (Wildman–Crippen MR) is 74.9 cm³/mol. The summed E-state index contributed by atoms with van der Waals surface area (Å²) in [6.07, 6.45) is 1.86. The molecule has 0 rings (SSSR count). The number of amides is 2. The Kier molecular flexibility index (Phi) is 8.54. The van der Waals surface area contributed by atoms with Crippen LogP contribution in [0.4, 0.5) is 0 Å². The van der Waals surface area contributed by atoms with Crippen LogP contribution in [0.5, 0.6) is 0 Å². The number of nitrogens with two attached hydrogens (primary N) is 1. The average Bonchev–Trinajstić information content (AvgIpc) is 2.23. The molecule has 1 atom stereocenters. The number of carbonyl (C=O) groups excluding carboxylic acids is 2. The van der Waals surface area contributed by atoms with Gasteiger partial charge in [0.05, 0.1) is 19.6 Å². The Labute approximate surface area is 119 Å². The highest BCUT2D eigenvalue weighted by Gasteiger charge is 2.17. The number of nitrogens with zero attached hydrogens (tertiary/aromatic N) is 1. The molecular weight excluding hydrogens is 262 g/mol. The Morgan fingerprint density at radius 2 is 1.70 bits per heavy atom. The van der Waals surface area contributed by atoms with Gasteiger partial charge in [0, 0.05) is 6.04 Å². The minimum Gasteiger partial charge on any atom is -0.480 e. The molecule has 7 nitrogen and oxygen atoms in total. The molecule has 0 saturated carbocycles. The fraction of sp³-hybridized carbons (Fsp3) is 0.769. The lowest BCUT2D eigenvalue weighted by molar-refractivity contribution is -0.139. The minimum absolute atomic E-state index is 0.0187. The van der Waals surface area contributed by atoms with E-state index in [-0.39, 0.29) is 25.0 Å². The van der Waals surface area contributed by atoms with Crippen LogP contribution in [0.1, 0.15) is 33.6 Å². The summed E-state index contributed by atoms with van der Waals surface area (Å²) < 4.78 is 0. The van der Waals surface area contributed by atoms with Gasteiger partial charge in [-0.15, -0.1) is 0 Å². The molecule has 20 heavy (non-hydrogen) atoms. The fourth-order valence-electron chi connectivity index (χ4n) is 1.76. The van der Waals surface area contributed by atoms with Crippen molar-refractivity contribution in [1.29, 1.82) is 0 Å². The number of hydrogen-bond donors (Lipinski definition) is 3. The number of aliphatic carboxylic acids is 1. The van der Waals surface area contributed by atoms with Gasteiger partial charge in [0.15, 0.2) is 0 Å². The highest BCUT2D eigenvalue weighted by Crippen LogP contribution is 2.06. The van der Waals surface area contributed by atoms with Crippen molar-refractivity contribution in [2.24, 2.45) is 11.7 Å². The van der Waals surface area contributed by atoms with Gasteiger partial charge in [0.1, 0.15) is 0 Å². The van der Waals surface area contributed by atoms with Crippen molar-refractivity contribution in [1.82, 2.24) is 10.2 Å². The normalized spacial score (nSPS) is 12.4. The maximum Gasteiger partial charge on any atom is 0.317 e. The van der Waals surface area contributed by atoms with Crippen molar-refractivity contribution in [3.63, 3.8) is 0 Å². The summed E-state index contributed by atoms with van der Waals surface area (Å²) in [5.74, 6) is -1.50. The van der Waals surface area contributed by atoms with E-state index >= 15 is 0 Å². The number of carboxylic acids is 1. The van der Waals surface area contributed by atoms with E-state index in [4.69, 9.17) is 10.8 Å². The van der Waals surface area contributed by atoms with Crippen LogP contribution in [0.2, 0.25) is 0 Å². The summed E-state index contributed by atoms with van der Waals surface area (Å²) in [7, 11) is 0. The van der Waals surface area contributed by atoms with Crippen LogP contribution in [0.25, 0.3) is 0 Å². The molecule has 0 saturated heterocycles. The zero-order chi connectivity index (χ0) is 15.7. The molecule has 0 aromatic rings. The molecule has 7 heteroatoms. The van der Waals surface area contributed by atoms with Gasteiger partial charge in [-0.05, 0) is 25.7 Å². The van der Waals surface area contributed by atoms with Gasteiger partial charge in [-0.25, -0.2) is 0 Å². The van der Waals surface area contributed by atoms with E-state index in [1.807, 2.05) is 6.92 Å². The highest BCUT2D eigenvalue weighted by molar-refractivity contribution is 5.81. The molecule has 0 aliphatic heterocycles. The van der Waals surface area contributed by atoms with Crippen LogP contribution in [0.15, 0.2) is 0 Å². The van der Waals surface area contributed by atoms with E-state index < -0.39 is 18.4 Å². The molecule has 4 N–H and O–H groups in total. The lowest BCUT2D eigenvalue weighted by atomic mass is 10.0. The van der Waals surface area contributed by atoms with Crippen molar-refractivity contribution in [2.45, 2.75) is 39.7 Å². The standard InChI is InChI=1S/C13H25N3O4/c1-9(2)4-5-10(3)15-12(18)7-16(6-11(14)17)8-13(19)20/h9-10H,4-8H2,1-3H3,(H2,14,17)(H,15,18)(H,19,20). The van der Waals surface area contributed by atoms with E-state index in [0.717, 1.165) is 12.8 Å². The van der Waals surface area contributed by atoms with Gasteiger partial charge in [-0.3, -0.25) is 19.3 Å². The summed E-state index contributed by atoms with van der Waals surface area (Å²) >= 11 is 0. The number of rotatable bonds is 10. The van der Waals surface area contributed by atoms with Crippen molar-refractivity contribution in [3.8, 4) is 0 Å². The number of carboxylic acid groups (broad SMARTS) is 1. The largest absolute Gasteiger partial charge is 0.480 e. The van der Waals surface area contributed by atoms with Crippen molar-refractivity contribution >= 4 is 17.8 Å². The predicted octanol–water partition coefficient (Wildman–Crippen LogP) is -0.201. The zero-order valence-corrected chi connectivity index (χ0v) is 12.4. The smallest absolute Gasteiger partial charge is 0.317 e. The van der Waals surface area contributed by atoms with Crippen LogP contribution >= 0.6 is 0 Å². The molecule has 0 aromatic heterocycles. The molecule has 0 bridgehead atoms. The van der Waals surface area contributed by atoms with E-state index in [0.29, 0.717) is 5.92 Å². The van der Waals surface area contributed by atoms with Crippen molar-refractivity contribution in [2.75, 3.05) is 19.6 Å². The maximum absolute atomic E-state index is 11.8. The molecule has 0 aliphatic carbocycles. The van der Waals surface area contributed by atoms with Crippen LogP contribution in [-0.4, -0.2) is 53.5 Å². The first-order chi connectivity index (χ1) is 9.20. The molecule has 0 heterocycles. The van der Waals surface area contributed by atoms with Gasteiger partial charge < -0.3 is 16.2 Å². The molecule has 0 fully saturated rings. The van der Waals surface area contributed by atoms with Gasteiger partial charge in [0.25, 0.3) is 0 Å². The molecule has 0 spiro atoms. The maximum atomic E-state index is 11.8. The number of primary amides is 1. The third kappa shape index (κ3) is 10.3. The molecular formula is C13H25N3O4. The third-order valence-electron chi connectivity index (χ3n) is 2.69. The Balaban J connectivity index is 4.23. The van der Waals surface area contributed by atoms with E-state index in [2.05, 4.69) is 19.2 Å². The Morgan fingerprint density at radius 1 is 1.10 bits per heavy atom. The summed E-state index contributed by atoms with van der Waals surface area (Å²) in [6.45, 7) is 5.32. The fourth-order valence-corrected chi connectivity index (χ4v) is 1.76. The van der Waals surface area contributed by atoms with Crippen LogP contribution in [0.3, 0.4) is 0 Å². The first-order valence-corrected chi connectivity index (χ1v) is 6.72. The summed E-state index contributed by atoms with van der Waals surface area (Å²) in [5.41, 5.74) is 5.02. The molecule has 0 aromatic carbocycles.